The van der Waals surface area contributed by atoms with Crippen LogP contribution in [-0.2, 0) is 5.75 Å². The van der Waals surface area contributed by atoms with E-state index in [1.54, 1.807) is 12.1 Å². The molecule has 0 amide bonds. The Morgan fingerprint density at radius 3 is 3.07 bits per heavy atom. The van der Waals surface area contributed by atoms with E-state index in [2.05, 4.69) is 21.2 Å². The number of thioether (sulfide) groups is 1. The lowest BCUT2D eigenvalue weighted by Crippen LogP contribution is -2.18. The lowest BCUT2D eigenvalue weighted by atomic mass is 9.99. The van der Waals surface area contributed by atoms with E-state index in [-0.39, 0.29) is 11.9 Å². The van der Waals surface area contributed by atoms with E-state index in [1.165, 1.54) is 0 Å². The Bertz CT molecular complexity index is 370. The number of benzene rings is 1. The largest absolute Gasteiger partial charge is 0.313 e. The fraction of sp³-hybridized carbons (Fsp3) is 0.455. The zero-order valence-corrected chi connectivity index (χ0v) is 10.9. The maximum atomic E-state index is 13.8. The van der Waals surface area contributed by atoms with Crippen LogP contribution in [0.1, 0.15) is 23.6 Å². The Hall–Kier alpha value is -0.0600. The number of hydrogen-bond acceptors (Lipinski definition) is 2. The van der Waals surface area contributed by atoms with Crippen LogP contribution in [0.2, 0.25) is 0 Å². The molecule has 1 nitrogen and oxygen atoms in total. The second kappa shape index (κ2) is 4.85. The van der Waals surface area contributed by atoms with Crippen molar-refractivity contribution in [2.75, 3.05) is 12.8 Å². The number of rotatable bonds is 1. The molecule has 1 N–H and O–H groups in total. The van der Waals surface area contributed by atoms with Crippen LogP contribution in [0, 0.1) is 5.82 Å². The Labute approximate surface area is 102 Å². The van der Waals surface area contributed by atoms with E-state index in [1.807, 2.05) is 18.8 Å². The van der Waals surface area contributed by atoms with Crippen LogP contribution >= 0.6 is 27.7 Å². The lowest BCUT2D eigenvalue weighted by molar-refractivity contribution is 0.526. The summed E-state index contributed by atoms with van der Waals surface area (Å²) in [5, 5.41) is 3.19. The molecule has 15 heavy (non-hydrogen) atoms. The predicted octanol–water partition coefficient (Wildman–Crippen LogP) is 3.49. The minimum atomic E-state index is -0.0879. The molecule has 0 fully saturated rings. The molecule has 1 aliphatic heterocycles. The van der Waals surface area contributed by atoms with Crippen molar-refractivity contribution < 1.29 is 4.39 Å². The van der Waals surface area contributed by atoms with E-state index in [9.17, 15) is 4.39 Å². The summed E-state index contributed by atoms with van der Waals surface area (Å²) in [5.41, 5.74) is 1.95. The zero-order chi connectivity index (χ0) is 10.8. The topological polar surface area (TPSA) is 12.0 Å². The number of nitrogens with one attached hydrogen (secondary N) is 1. The quantitative estimate of drug-likeness (QED) is 0.849. The second-order valence-corrected chi connectivity index (χ2v) is 5.56. The van der Waals surface area contributed by atoms with Crippen LogP contribution in [0.25, 0.3) is 0 Å². The van der Waals surface area contributed by atoms with Gasteiger partial charge in [0, 0.05) is 21.8 Å². The third-order valence-corrected chi connectivity index (χ3v) is 4.50. The summed E-state index contributed by atoms with van der Waals surface area (Å²) in [6.07, 6.45) is 0.988. The Balaban J connectivity index is 2.54. The van der Waals surface area contributed by atoms with E-state index < -0.39 is 0 Å². The van der Waals surface area contributed by atoms with Crippen molar-refractivity contribution in [2.45, 2.75) is 18.2 Å². The van der Waals surface area contributed by atoms with Gasteiger partial charge in [-0.1, -0.05) is 15.9 Å². The van der Waals surface area contributed by atoms with Crippen molar-refractivity contribution in [1.82, 2.24) is 5.32 Å². The average Bonchev–Trinajstić information content (AvgIpc) is 2.46. The summed E-state index contributed by atoms with van der Waals surface area (Å²) >= 11 is 5.36. The summed E-state index contributed by atoms with van der Waals surface area (Å²) in [4.78, 5) is 0. The minimum absolute atomic E-state index is 0.0879. The van der Waals surface area contributed by atoms with Crippen molar-refractivity contribution in [2.24, 2.45) is 0 Å². The van der Waals surface area contributed by atoms with Crippen molar-refractivity contribution >= 4 is 27.7 Å². The molecule has 0 aromatic heterocycles. The van der Waals surface area contributed by atoms with E-state index in [0.717, 1.165) is 33.5 Å². The van der Waals surface area contributed by atoms with Crippen LogP contribution in [0.4, 0.5) is 4.39 Å². The van der Waals surface area contributed by atoms with E-state index in [4.69, 9.17) is 0 Å². The molecule has 1 aliphatic rings. The molecule has 1 atom stereocenters. The Morgan fingerprint density at radius 1 is 1.53 bits per heavy atom. The van der Waals surface area contributed by atoms with Gasteiger partial charge in [-0.15, -0.1) is 0 Å². The molecule has 0 saturated carbocycles. The lowest BCUT2D eigenvalue weighted by Gasteiger charge is -2.18. The second-order valence-electron chi connectivity index (χ2n) is 3.60. The molecular formula is C11H13BrFNS. The maximum Gasteiger partial charge on any atom is 0.128 e. The van der Waals surface area contributed by atoms with Gasteiger partial charge in [-0.3, -0.25) is 0 Å². The van der Waals surface area contributed by atoms with Gasteiger partial charge >= 0.3 is 0 Å². The Morgan fingerprint density at radius 2 is 2.33 bits per heavy atom. The highest BCUT2D eigenvalue weighted by molar-refractivity contribution is 9.10. The smallest absolute Gasteiger partial charge is 0.128 e. The molecule has 4 heteroatoms. The summed E-state index contributed by atoms with van der Waals surface area (Å²) in [6, 6.07) is 3.49. The third kappa shape index (κ3) is 2.22. The highest BCUT2D eigenvalue weighted by Gasteiger charge is 2.22. The predicted molar refractivity (Wildman–Crippen MR) is 66.7 cm³/mol. The van der Waals surface area contributed by atoms with Gasteiger partial charge in [0.25, 0.3) is 0 Å². The molecule has 0 aliphatic carbocycles. The first kappa shape index (κ1) is 11.4. The van der Waals surface area contributed by atoms with Gasteiger partial charge in [0.2, 0.25) is 0 Å². The fourth-order valence-electron chi connectivity index (χ4n) is 1.94. The molecule has 82 valence electrons. The normalized spacial score (nSPS) is 20.9. The van der Waals surface area contributed by atoms with Gasteiger partial charge in [0.15, 0.2) is 0 Å². The van der Waals surface area contributed by atoms with E-state index >= 15 is 0 Å². The molecule has 2 rings (SSSR count). The Kier molecular flexibility index (Phi) is 3.69. The first-order valence-corrected chi connectivity index (χ1v) is 6.90. The molecule has 0 radical (unpaired) electrons. The fourth-order valence-corrected chi connectivity index (χ4v) is 3.67. The minimum Gasteiger partial charge on any atom is -0.313 e. The highest BCUT2D eigenvalue weighted by atomic mass is 79.9. The van der Waals surface area contributed by atoms with Gasteiger partial charge in [-0.05, 0) is 36.9 Å². The van der Waals surface area contributed by atoms with Crippen LogP contribution in [0.3, 0.4) is 0 Å². The van der Waals surface area contributed by atoms with Crippen LogP contribution in [0.5, 0.6) is 0 Å². The number of hydrogen-bond donors (Lipinski definition) is 1. The summed E-state index contributed by atoms with van der Waals surface area (Å²) in [6.45, 7) is 0. The van der Waals surface area contributed by atoms with Crippen LogP contribution < -0.4 is 5.32 Å². The molecule has 1 unspecified atom stereocenters. The summed E-state index contributed by atoms with van der Waals surface area (Å²) in [5.74, 6) is 1.88. The average molecular weight is 290 g/mol. The zero-order valence-electron chi connectivity index (χ0n) is 8.52. The molecule has 0 saturated heterocycles. The summed E-state index contributed by atoms with van der Waals surface area (Å²) in [7, 11) is 1.89. The molecule has 1 aromatic carbocycles. The highest BCUT2D eigenvalue weighted by Crippen LogP contribution is 2.36. The maximum absolute atomic E-state index is 13.8. The van der Waals surface area contributed by atoms with Gasteiger partial charge in [0.05, 0.1) is 0 Å². The SMILES string of the molecule is CNC1CCSCc2c(Br)ccc(F)c21. The van der Waals surface area contributed by atoms with Crippen LogP contribution in [-0.4, -0.2) is 12.8 Å². The standard InChI is InChI=1S/C11H13BrFNS/c1-14-10-4-5-15-6-7-8(12)2-3-9(13)11(7)10/h2-3,10,14H,4-6H2,1H3. The van der Waals surface area contributed by atoms with Crippen molar-refractivity contribution in [3.05, 3.63) is 33.5 Å². The first-order chi connectivity index (χ1) is 7.24. The van der Waals surface area contributed by atoms with Crippen molar-refractivity contribution in [3.8, 4) is 0 Å². The van der Waals surface area contributed by atoms with Gasteiger partial charge in [-0.2, -0.15) is 11.8 Å². The van der Waals surface area contributed by atoms with Gasteiger partial charge in [0.1, 0.15) is 5.82 Å². The molecule has 0 bridgehead atoms. The molecule has 1 heterocycles. The third-order valence-electron chi connectivity index (χ3n) is 2.74. The monoisotopic (exact) mass is 289 g/mol. The van der Waals surface area contributed by atoms with Gasteiger partial charge < -0.3 is 5.32 Å². The molecule has 1 aromatic rings. The molecular weight excluding hydrogens is 277 g/mol. The van der Waals surface area contributed by atoms with Crippen molar-refractivity contribution in [1.29, 1.82) is 0 Å². The summed E-state index contributed by atoms with van der Waals surface area (Å²) < 4.78 is 14.8. The molecule has 0 spiro atoms. The van der Waals surface area contributed by atoms with E-state index in [0.29, 0.717) is 0 Å². The number of fused-ring (bicyclic) bond motifs is 1. The first-order valence-electron chi connectivity index (χ1n) is 4.96. The van der Waals surface area contributed by atoms with Gasteiger partial charge in [-0.25, -0.2) is 4.39 Å². The van der Waals surface area contributed by atoms with Crippen LogP contribution in [0.15, 0.2) is 16.6 Å². The van der Waals surface area contributed by atoms with Crippen molar-refractivity contribution in [3.63, 3.8) is 0 Å². The number of halogens is 2.